The van der Waals surface area contributed by atoms with Crippen LogP contribution in [0.5, 0.6) is 0 Å². The number of nitrogens with one attached hydrogen (secondary N) is 1. The molecule has 186 valence electrons. The van der Waals surface area contributed by atoms with Crippen molar-refractivity contribution >= 4 is 11.0 Å². The first-order valence-electron chi connectivity index (χ1n) is 13.2. The molecule has 1 saturated carbocycles. The zero-order valence-electron chi connectivity index (χ0n) is 20.9. The third-order valence-corrected chi connectivity index (χ3v) is 7.80. The molecule has 5 aromatic rings. The van der Waals surface area contributed by atoms with Crippen molar-refractivity contribution in [1.82, 2.24) is 14.1 Å². The summed E-state index contributed by atoms with van der Waals surface area (Å²) in [4.78, 5) is 5.04. The number of hydrogen-bond acceptors (Lipinski definition) is 3. The average molecular weight is 489 g/mol. The van der Waals surface area contributed by atoms with Crippen LogP contribution >= 0.6 is 0 Å². The van der Waals surface area contributed by atoms with Crippen molar-refractivity contribution in [3.05, 3.63) is 108 Å². The molecule has 0 saturated heterocycles. The summed E-state index contributed by atoms with van der Waals surface area (Å²) in [7, 11) is 0. The molecule has 1 fully saturated rings. The van der Waals surface area contributed by atoms with E-state index in [2.05, 4.69) is 81.9 Å². The number of rotatable bonds is 6. The molecular formula is C32H32N4O. The monoisotopic (exact) mass is 488 g/mol. The van der Waals surface area contributed by atoms with Crippen LogP contribution in [-0.2, 0) is 6.54 Å². The van der Waals surface area contributed by atoms with Crippen LogP contribution in [0.4, 0.5) is 0 Å². The van der Waals surface area contributed by atoms with E-state index in [9.17, 15) is 10.5 Å². The summed E-state index contributed by atoms with van der Waals surface area (Å²) in [5, 5.41) is 20.0. The van der Waals surface area contributed by atoms with Crippen LogP contribution < -0.4 is 5.49 Å². The minimum Gasteiger partial charge on any atom is -0.396 e. The van der Waals surface area contributed by atoms with Crippen LogP contribution in [0.2, 0.25) is 0 Å². The van der Waals surface area contributed by atoms with Crippen molar-refractivity contribution in [2.45, 2.75) is 38.3 Å². The molecule has 5 heteroatoms. The first kappa shape index (κ1) is 23.4. The minimum atomic E-state index is 0.230. The number of hydrogen-bond donors (Lipinski definition) is 2. The highest BCUT2D eigenvalue weighted by Gasteiger charge is 2.26. The fraction of sp³-hybridized carbons (Fsp3) is 0.250. The van der Waals surface area contributed by atoms with E-state index >= 15 is 0 Å². The highest BCUT2D eigenvalue weighted by Crippen LogP contribution is 2.40. The lowest BCUT2D eigenvalue weighted by Gasteiger charge is -2.29. The summed E-state index contributed by atoms with van der Waals surface area (Å²) >= 11 is 0. The Balaban J connectivity index is 1.63. The molecule has 6 rings (SSSR count). The summed E-state index contributed by atoms with van der Waals surface area (Å²) in [5.74, 6) is 0.374. The molecule has 0 bridgehead atoms. The van der Waals surface area contributed by atoms with Crippen LogP contribution in [0.3, 0.4) is 0 Å². The Morgan fingerprint density at radius 2 is 1.38 bits per heavy atom. The van der Waals surface area contributed by atoms with Crippen molar-refractivity contribution in [2.75, 3.05) is 6.61 Å². The second-order valence-electron chi connectivity index (χ2n) is 10.1. The summed E-state index contributed by atoms with van der Waals surface area (Å²) in [5.41, 5.74) is 6.91. The maximum Gasteiger partial charge on any atom is 0.146 e. The van der Waals surface area contributed by atoms with Gasteiger partial charge in [0.1, 0.15) is 11.1 Å². The zero-order chi connectivity index (χ0) is 25.2. The summed E-state index contributed by atoms with van der Waals surface area (Å²) in [6.07, 6.45) is 5.78. The smallest absolute Gasteiger partial charge is 0.146 e. The molecule has 2 N–H and O–H groups in total. The molecule has 0 unspecified atom stereocenters. The average Bonchev–Trinajstić information content (AvgIpc) is 3.29. The number of benzene rings is 3. The Kier molecular flexibility index (Phi) is 6.46. The maximum absolute atomic E-state index is 9.61. The fourth-order valence-electron chi connectivity index (χ4n) is 5.85. The van der Waals surface area contributed by atoms with Crippen LogP contribution in [0.1, 0.15) is 37.3 Å². The SMILES string of the molecule is N=c1c2c(-c3ccccc3)c(-c3ccccc3)n(Cc3ccccc3)c2ncn1[C@H]1CC[C@H](CO)CC1. The van der Waals surface area contributed by atoms with Crippen molar-refractivity contribution in [2.24, 2.45) is 5.92 Å². The van der Waals surface area contributed by atoms with Gasteiger partial charge in [-0.2, -0.15) is 0 Å². The first-order valence-corrected chi connectivity index (χ1v) is 13.2. The molecule has 0 spiro atoms. The Bertz CT molecular complexity index is 1550. The topological polar surface area (TPSA) is 66.8 Å². The van der Waals surface area contributed by atoms with E-state index in [-0.39, 0.29) is 12.6 Å². The first-order chi connectivity index (χ1) is 18.2. The largest absolute Gasteiger partial charge is 0.396 e. The van der Waals surface area contributed by atoms with Gasteiger partial charge in [0, 0.05) is 24.8 Å². The van der Waals surface area contributed by atoms with Crippen LogP contribution in [0.25, 0.3) is 33.4 Å². The van der Waals surface area contributed by atoms with Gasteiger partial charge in [0.25, 0.3) is 0 Å². The molecule has 37 heavy (non-hydrogen) atoms. The van der Waals surface area contributed by atoms with E-state index < -0.39 is 0 Å². The van der Waals surface area contributed by atoms with Gasteiger partial charge in [0.2, 0.25) is 0 Å². The quantitative estimate of drug-likeness (QED) is 0.289. The fourth-order valence-corrected chi connectivity index (χ4v) is 5.85. The molecule has 0 radical (unpaired) electrons. The van der Waals surface area contributed by atoms with Gasteiger partial charge in [-0.1, -0.05) is 91.0 Å². The lowest BCUT2D eigenvalue weighted by atomic mass is 9.86. The van der Waals surface area contributed by atoms with Gasteiger partial charge in [0.15, 0.2) is 0 Å². The Labute approximate surface area is 217 Å². The lowest BCUT2D eigenvalue weighted by Crippen LogP contribution is -2.29. The molecule has 0 amide bonds. The van der Waals surface area contributed by atoms with Crippen LogP contribution in [0, 0.1) is 11.3 Å². The van der Waals surface area contributed by atoms with E-state index in [0.717, 1.165) is 59.1 Å². The van der Waals surface area contributed by atoms with Gasteiger partial charge in [0.05, 0.1) is 17.4 Å². The van der Waals surface area contributed by atoms with Crippen molar-refractivity contribution < 1.29 is 5.11 Å². The van der Waals surface area contributed by atoms with Gasteiger partial charge in [-0.25, -0.2) is 4.98 Å². The molecular weight excluding hydrogens is 456 g/mol. The molecule has 5 nitrogen and oxygen atoms in total. The van der Waals surface area contributed by atoms with Gasteiger partial charge >= 0.3 is 0 Å². The molecule has 3 aromatic carbocycles. The van der Waals surface area contributed by atoms with Gasteiger partial charge in [-0.05, 0) is 48.3 Å². The summed E-state index contributed by atoms with van der Waals surface area (Å²) in [6, 6.07) is 31.6. The van der Waals surface area contributed by atoms with E-state index in [1.807, 2.05) is 24.5 Å². The second kappa shape index (κ2) is 10.2. The molecule has 2 heterocycles. The van der Waals surface area contributed by atoms with E-state index in [0.29, 0.717) is 18.0 Å². The zero-order valence-corrected chi connectivity index (χ0v) is 20.9. The van der Waals surface area contributed by atoms with Crippen LogP contribution in [0.15, 0.2) is 97.3 Å². The van der Waals surface area contributed by atoms with E-state index in [1.54, 1.807) is 0 Å². The van der Waals surface area contributed by atoms with Crippen LogP contribution in [-0.4, -0.2) is 25.8 Å². The highest BCUT2D eigenvalue weighted by atomic mass is 16.3. The molecule has 1 aliphatic carbocycles. The van der Waals surface area contributed by atoms with Gasteiger partial charge < -0.3 is 14.2 Å². The minimum absolute atomic E-state index is 0.230. The van der Waals surface area contributed by atoms with Gasteiger partial charge in [-0.15, -0.1) is 0 Å². The van der Waals surface area contributed by atoms with Crippen molar-refractivity contribution in [3.8, 4) is 22.4 Å². The maximum atomic E-state index is 9.61. The van der Waals surface area contributed by atoms with E-state index in [4.69, 9.17) is 4.98 Å². The third-order valence-electron chi connectivity index (χ3n) is 7.80. The number of aliphatic hydroxyl groups excluding tert-OH is 1. The molecule has 2 aromatic heterocycles. The molecule has 0 atom stereocenters. The van der Waals surface area contributed by atoms with E-state index in [1.165, 1.54) is 5.56 Å². The number of fused-ring (bicyclic) bond motifs is 1. The molecule has 0 aliphatic heterocycles. The third kappa shape index (κ3) is 4.40. The van der Waals surface area contributed by atoms with Crippen molar-refractivity contribution in [3.63, 3.8) is 0 Å². The predicted octanol–water partition coefficient (Wildman–Crippen LogP) is 6.42. The standard InChI is InChI=1S/C32H32N4O/c33-31-29-28(25-12-6-2-7-13-25)30(26-14-8-3-9-15-26)35(20-23-10-4-1-5-11-23)32(29)34-22-36(31)27-18-16-24(21-37)17-19-27/h1-15,22,24,27,33,37H,16-21H2/t24-,27-. The summed E-state index contributed by atoms with van der Waals surface area (Å²) in [6.45, 7) is 0.926. The Morgan fingerprint density at radius 1 is 0.784 bits per heavy atom. The molecule has 1 aliphatic rings. The Hall–Kier alpha value is -3.96. The summed E-state index contributed by atoms with van der Waals surface area (Å²) < 4.78 is 4.36. The number of aromatic nitrogens is 3. The number of nitrogens with zero attached hydrogens (tertiary/aromatic N) is 3. The normalized spacial score (nSPS) is 17.8. The lowest BCUT2D eigenvalue weighted by molar-refractivity contribution is 0.167. The highest BCUT2D eigenvalue weighted by molar-refractivity contribution is 6.02. The second-order valence-corrected chi connectivity index (χ2v) is 10.1. The predicted molar refractivity (Wildman–Crippen MR) is 148 cm³/mol. The number of aliphatic hydroxyl groups is 1. The van der Waals surface area contributed by atoms with Crippen molar-refractivity contribution in [1.29, 1.82) is 5.41 Å². The Morgan fingerprint density at radius 3 is 2.00 bits per heavy atom. The van der Waals surface area contributed by atoms with Gasteiger partial charge in [-0.3, -0.25) is 5.41 Å².